The second-order valence-corrected chi connectivity index (χ2v) is 5.42. The molecule has 138 valence electrons. The summed E-state index contributed by atoms with van der Waals surface area (Å²) in [6.07, 6.45) is 0. The molecule has 8 nitrogen and oxygen atoms in total. The van der Waals surface area contributed by atoms with Crippen LogP contribution in [0.2, 0.25) is 5.02 Å². The average molecular weight is 372 g/mol. The minimum atomic E-state index is -0.777. The number of benzene rings is 1. The summed E-state index contributed by atoms with van der Waals surface area (Å²) < 4.78 is 10.1. The maximum Gasteiger partial charge on any atom is 0.342 e. The molecule has 0 bridgehead atoms. The van der Waals surface area contributed by atoms with Crippen molar-refractivity contribution in [3.63, 3.8) is 0 Å². The van der Waals surface area contributed by atoms with Gasteiger partial charge in [0.05, 0.1) is 24.4 Å². The quantitative estimate of drug-likeness (QED) is 0.522. The maximum absolute atomic E-state index is 12.2. The fourth-order valence-corrected chi connectivity index (χ4v) is 2.16. The number of carbonyl (C=O) groups excluding carboxylic acids is 3. The van der Waals surface area contributed by atoms with Crippen LogP contribution in [0.3, 0.4) is 0 Å². The van der Waals surface area contributed by atoms with Gasteiger partial charge in [0.1, 0.15) is 11.3 Å². The lowest BCUT2D eigenvalue weighted by Gasteiger charge is -2.20. The van der Waals surface area contributed by atoms with E-state index in [-0.39, 0.29) is 34.5 Å². The SMILES string of the molecule is CCNC(=O)CN(CC)C(=O)COC(=O)c1cc(Cl)c(N)cc1OC. The van der Waals surface area contributed by atoms with Crippen LogP contribution in [0.25, 0.3) is 0 Å². The third-order valence-electron chi connectivity index (χ3n) is 3.31. The number of nitrogen functional groups attached to an aromatic ring is 1. The number of hydrogen-bond acceptors (Lipinski definition) is 6. The highest BCUT2D eigenvalue weighted by Crippen LogP contribution is 2.29. The molecule has 3 N–H and O–H groups in total. The predicted molar refractivity (Wildman–Crippen MR) is 93.6 cm³/mol. The fourth-order valence-electron chi connectivity index (χ4n) is 2.00. The Morgan fingerprint density at radius 2 is 1.96 bits per heavy atom. The van der Waals surface area contributed by atoms with Crippen molar-refractivity contribution < 1.29 is 23.9 Å². The second-order valence-electron chi connectivity index (χ2n) is 5.01. The van der Waals surface area contributed by atoms with Crippen molar-refractivity contribution in [1.29, 1.82) is 0 Å². The molecule has 0 unspecified atom stereocenters. The zero-order valence-corrected chi connectivity index (χ0v) is 15.2. The van der Waals surface area contributed by atoms with Crippen LogP contribution in [0.15, 0.2) is 12.1 Å². The number of amides is 2. The molecule has 0 aliphatic heterocycles. The normalized spacial score (nSPS) is 10.1. The molecule has 0 saturated heterocycles. The molecule has 1 rings (SSSR count). The van der Waals surface area contributed by atoms with Crippen molar-refractivity contribution in [3.05, 3.63) is 22.7 Å². The zero-order chi connectivity index (χ0) is 19.0. The van der Waals surface area contributed by atoms with Crippen molar-refractivity contribution in [2.45, 2.75) is 13.8 Å². The first-order valence-corrected chi connectivity index (χ1v) is 8.06. The van der Waals surface area contributed by atoms with Crippen molar-refractivity contribution in [2.75, 3.05) is 39.1 Å². The van der Waals surface area contributed by atoms with Gasteiger partial charge in [-0.25, -0.2) is 4.79 Å². The van der Waals surface area contributed by atoms with E-state index in [0.717, 1.165) is 0 Å². The van der Waals surface area contributed by atoms with Gasteiger partial charge in [0.2, 0.25) is 5.91 Å². The third-order valence-corrected chi connectivity index (χ3v) is 3.64. The summed E-state index contributed by atoms with van der Waals surface area (Å²) in [5, 5.41) is 2.77. The number of nitrogens with zero attached hydrogens (tertiary/aromatic N) is 1. The molecular weight excluding hydrogens is 350 g/mol. The average Bonchev–Trinajstić information content (AvgIpc) is 2.59. The molecular formula is C16H22ClN3O5. The third kappa shape index (κ3) is 5.82. The highest BCUT2D eigenvalue weighted by atomic mass is 35.5. The molecule has 0 aliphatic rings. The van der Waals surface area contributed by atoms with E-state index < -0.39 is 18.5 Å². The number of carbonyl (C=O) groups is 3. The predicted octanol–water partition coefficient (Wildman–Crippen LogP) is 1.07. The summed E-state index contributed by atoms with van der Waals surface area (Å²) in [5.41, 5.74) is 5.97. The molecule has 0 aliphatic carbocycles. The highest BCUT2D eigenvalue weighted by molar-refractivity contribution is 6.33. The molecule has 2 amide bonds. The van der Waals surface area contributed by atoms with E-state index >= 15 is 0 Å². The summed E-state index contributed by atoms with van der Waals surface area (Å²) in [5.74, 6) is -1.35. The van der Waals surface area contributed by atoms with Gasteiger partial charge in [0.15, 0.2) is 6.61 Å². The van der Waals surface area contributed by atoms with Gasteiger partial charge in [-0.2, -0.15) is 0 Å². The minimum absolute atomic E-state index is 0.0567. The zero-order valence-electron chi connectivity index (χ0n) is 14.4. The van der Waals surface area contributed by atoms with E-state index in [4.69, 9.17) is 26.8 Å². The van der Waals surface area contributed by atoms with Crippen LogP contribution in [-0.4, -0.2) is 56.0 Å². The Labute approximate surface area is 151 Å². The molecule has 0 saturated carbocycles. The summed E-state index contributed by atoms with van der Waals surface area (Å²) >= 11 is 5.90. The van der Waals surface area contributed by atoms with Crippen LogP contribution in [0, 0.1) is 0 Å². The van der Waals surface area contributed by atoms with Gasteiger partial charge in [-0.1, -0.05) is 11.6 Å². The lowest BCUT2D eigenvalue weighted by Crippen LogP contribution is -2.42. The smallest absolute Gasteiger partial charge is 0.342 e. The van der Waals surface area contributed by atoms with E-state index in [1.165, 1.54) is 24.1 Å². The number of nitrogens with one attached hydrogen (secondary N) is 1. The lowest BCUT2D eigenvalue weighted by molar-refractivity contribution is -0.138. The van der Waals surface area contributed by atoms with E-state index in [2.05, 4.69) is 5.32 Å². The Morgan fingerprint density at radius 3 is 2.52 bits per heavy atom. The number of halogens is 1. The molecule has 1 aromatic carbocycles. The number of likely N-dealkylation sites (N-methyl/N-ethyl adjacent to an activating group) is 2. The molecule has 0 fully saturated rings. The number of anilines is 1. The summed E-state index contributed by atoms with van der Waals surface area (Å²) in [6, 6.07) is 2.71. The van der Waals surface area contributed by atoms with Crippen molar-refractivity contribution in [3.8, 4) is 5.75 Å². The minimum Gasteiger partial charge on any atom is -0.496 e. The van der Waals surface area contributed by atoms with E-state index in [0.29, 0.717) is 13.1 Å². The lowest BCUT2D eigenvalue weighted by atomic mass is 10.2. The molecule has 0 spiro atoms. The molecule has 25 heavy (non-hydrogen) atoms. The van der Waals surface area contributed by atoms with Gasteiger partial charge >= 0.3 is 5.97 Å². The maximum atomic E-state index is 12.2. The van der Waals surface area contributed by atoms with Crippen LogP contribution in [0.5, 0.6) is 5.75 Å². The number of nitrogens with two attached hydrogens (primary N) is 1. The summed E-state index contributed by atoms with van der Waals surface area (Å²) in [4.78, 5) is 37.1. The summed E-state index contributed by atoms with van der Waals surface area (Å²) in [6.45, 7) is 3.68. The molecule has 0 aromatic heterocycles. The van der Waals surface area contributed by atoms with Gasteiger partial charge < -0.3 is 25.4 Å². The number of rotatable bonds is 8. The van der Waals surface area contributed by atoms with Crippen molar-refractivity contribution in [2.24, 2.45) is 0 Å². The Morgan fingerprint density at radius 1 is 1.28 bits per heavy atom. The van der Waals surface area contributed by atoms with Crippen LogP contribution in [0.4, 0.5) is 5.69 Å². The molecule has 1 aromatic rings. The largest absolute Gasteiger partial charge is 0.496 e. The standard InChI is InChI=1S/C16H22ClN3O5/c1-4-19-14(21)8-20(5-2)15(22)9-25-16(23)10-6-11(17)12(18)7-13(10)24-3/h6-7H,4-5,8-9,18H2,1-3H3,(H,19,21). The Balaban J connectivity index is 2.73. The summed E-state index contributed by atoms with van der Waals surface area (Å²) in [7, 11) is 1.37. The first-order chi connectivity index (χ1) is 11.8. The van der Waals surface area contributed by atoms with E-state index in [1.54, 1.807) is 13.8 Å². The number of ether oxygens (including phenoxy) is 2. The molecule has 9 heteroatoms. The Kier molecular flexibility index (Phi) is 8.00. The van der Waals surface area contributed by atoms with Gasteiger partial charge in [0.25, 0.3) is 5.91 Å². The van der Waals surface area contributed by atoms with Crippen LogP contribution < -0.4 is 15.8 Å². The molecule has 0 radical (unpaired) electrons. The van der Waals surface area contributed by atoms with Gasteiger partial charge in [-0.15, -0.1) is 0 Å². The first-order valence-electron chi connectivity index (χ1n) is 7.68. The van der Waals surface area contributed by atoms with Crippen LogP contribution in [-0.2, 0) is 14.3 Å². The van der Waals surface area contributed by atoms with Crippen molar-refractivity contribution in [1.82, 2.24) is 10.2 Å². The topological polar surface area (TPSA) is 111 Å². The van der Waals surface area contributed by atoms with Gasteiger partial charge in [-0.3, -0.25) is 9.59 Å². The molecule has 0 heterocycles. The molecule has 0 atom stereocenters. The van der Waals surface area contributed by atoms with E-state index in [9.17, 15) is 14.4 Å². The fraction of sp³-hybridized carbons (Fsp3) is 0.438. The number of hydrogen-bond donors (Lipinski definition) is 2. The number of methoxy groups -OCH3 is 1. The van der Waals surface area contributed by atoms with Crippen LogP contribution in [0.1, 0.15) is 24.2 Å². The van der Waals surface area contributed by atoms with E-state index in [1.807, 2.05) is 0 Å². The van der Waals surface area contributed by atoms with Crippen molar-refractivity contribution >= 4 is 35.1 Å². The van der Waals surface area contributed by atoms with Crippen LogP contribution >= 0.6 is 11.6 Å². The number of esters is 1. The van der Waals surface area contributed by atoms with Gasteiger partial charge in [0, 0.05) is 19.2 Å². The Bertz CT molecular complexity index is 651. The second kappa shape index (κ2) is 9.73. The monoisotopic (exact) mass is 371 g/mol. The highest BCUT2D eigenvalue weighted by Gasteiger charge is 2.20. The van der Waals surface area contributed by atoms with Gasteiger partial charge in [-0.05, 0) is 19.9 Å². The Hall–Kier alpha value is -2.48. The first kappa shape index (κ1) is 20.6.